The molecule has 2 aromatic heterocycles. The van der Waals surface area contributed by atoms with Crippen molar-refractivity contribution in [1.29, 1.82) is 0 Å². The second-order valence-electron chi connectivity index (χ2n) is 21.7. The van der Waals surface area contributed by atoms with Crippen molar-refractivity contribution in [3.05, 3.63) is 90.8 Å². The normalized spacial score (nSPS) is 23.7. The largest absolute Gasteiger partial charge is 0.338 e. The van der Waals surface area contributed by atoms with E-state index >= 15 is 0 Å². The number of amides is 4. The molecule has 3 aromatic rings. The number of carbonyl (C=O) groups is 4. The number of aryl methyl sites for hydroxylation is 2. The fraction of sp³-hybridized carbons (Fsp3) is 0.577. The van der Waals surface area contributed by atoms with Gasteiger partial charge >= 0.3 is 12.1 Å². The van der Waals surface area contributed by atoms with Gasteiger partial charge in [-0.3, -0.25) is 29.8 Å². The number of nitrogens with one attached hydrogen (secondary N) is 8. The summed E-state index contributed by atoms with van der Waals surface area (Å²) in [5.41, 5.74) is -0.237. The molecule has 4 aliphatic rings. The van der Waals surface area contributed by atoms with E-state index in [1.54, 1.807) is 13.8 Å². The monoisotopic (exact) mass is 1060 g/mol. The van der Waals surface area contributed by atoms with Crippen LogP contribution < -0.4 is 41.8 Å². The quantitative estimate of drug-likeness (QED) is 0.0387. The van der Waals surface area contributed by atoms with Crippen LogP contribution in [0.2, 0.25) is 0 Å². The van der Waals surface area contributed by atoms with E-state index in [0.717, 1.165) is 36.8 Å². The van der Waals surface area contributed by atoms with Gasteiger partial charge in [-0.2, -0.15) is 9.97 Å². The minimum absolute atomic E-state index is 0.0617. The van der Waals surface area contributed by atoms with Crippen LogP contribution in [0.1, 0.15) is 127 Å². The highest BCUT2D eigenvalue weighted by atomic mass is 32.2. The van der Waals surface area contributed by atoms with Crippen molar-refractivity contribution < 1.29 is 36.0 Å². The van der Waals surface area contributed by atoms with Crippen LogP contribution in [0.25, 0.3) is 12.2 Å². The molecule has 4 unspecified atom stereocenters. The number of aromatic nitrogens is 4. The highest BCUT2D eigenvalue weighted by Crippen LogP contribution is 2.67. The third-order valence-electron chi connectivity index (χ3n) is 16.2. The molecule has 0 spiro atoms. The van der Waals surface area contributed by atoms with Crippen molar-refractivity contribution >= 4 is 67.7 Å². The Hall–Kier alpha value is -5.84. The average molecular weight is 1060 g/mol. The Morgan fingerprint density at radius 3 is 1.28 bits per heavy atom. The van der Waals surface area contributed by atoms with Crippen LogP contribution in [0, 0.1) is 47.3 Å². The maximum absolute atomic E-state index is 14.3. The van der Waals surface area contributed by atoms with E-state index in [-0.39, 0.29) is 59.9 Å². The number of ketones is 2. The predicted octanol–water partition coefficient (Wildman–Crippen LogP) is 5.85. The van der Waals surface area contributed by atoms with Crippen LogP contribution in [0.3, 0.4) is 0 Å². The SMILES string of the molecule is Cc1cc(=O)nc(NC(=O)NCCCCCCNS(=O)(=O)CC23CCC(/C(=C\c4ccc(/C=C5/C(=O)C6(CS(=O)(=O)NCCCCCCNC(=O)Nc7nc(=O)cc(C)[nH]7)CCC5C6(C)C)cc4)C2=O)C3(C)C)[nH]1. The Balaban J connectivity index is 0.860. The molecule has 0 saturated heterocycles. The second kappa shape index (κ2) is 22.6. The number of rotatable bonds is 24. The molecule has 402 valence electrons. The predicted molar refractivity (Wildman–Crippen MR) is 284 cm³/mol. The third kappa shape index (κ3) is 12.5. The average Bonchev–Trinajstić information content (AvgIpc) is 3.81. The van der Waals surface area contributed by atoms with E-state index in [9.17, 15) is 45.6 Å². The molecular formula is C52H72N10O10S2. The number of fused-ring (bicyclic) bond motifs is 4. The van der Waals surface area contributed by atoms with Gasteiger partial charge in [0.05, 0.1) is 22.3 Å². The molecular weight excluding hydrogens is 989 g/mol. The minimum Gasteiger partial charge on any atom is -0.338 e. The molecule has 4 amide bonds. The number of sulfonamides is 2. The molecule has 74 heavy (non-hydrogen) atoms. The van der Waals surface area contributed by atoms with Crippen molar-refractivity contribution in [3.8, 4) is 0 Å². The van der Waals surface area contributed by atoms with E-state index < -0.39 is 64.9 Å². The molecule has 4 fully saturated rings. The number of benzene rings is 1. The zero-order chi connectivity index (χ0) is 53.7. The molecule has 7 rings (SSSR count). The maximum Gasteiger partial charge on any atom is 0.321 e. The summed E-state index contributed by atoms with van der Waals surface area (Å²) < 4.78 is 59.7. The highest BCUT2D eigenvalue weighted by Gasteiger charge is 2.69. The molecule has 4 aliphatic carbocycles. The number of unbranched alkanes of at least 4 members (excludes halogenated alkanes) is 6. The van der Waals surface area contributed by atoms with Gasteiger partial charge in [-0.05, 0) is 111 Å². The van der Waals surface area contributed by atoms with Crippen LogP contribution >= 0.6 is 0 Å². The van der Waals surface area contributed by atoms with Gasteiger partial charge < -0.3 is 20.6 Å². The number of hydrogen-bond acceptors (Lipinski definition) is 12. The van der Waals surface area contributed by atoms with Crippen molar-refractivity contribution in [2.45, 2.75) is 119 Å². The molecule has 4 saturated carbocycles. The Kier molecular flexibility index (Phi) is 17.0. The minimum atomic E-state index is -3.81. The number of anilines is 2. The van der Waals surface area contributed by atoms with E-state index in [0.29, 0.717) is 87.0 Å². The summed E-state index contributed by atoms with van der Waals surface area (Å²) >= 11 is 0. The first-order valence-corrected chi connectivity index (χ1v) is 29.0. The van der Waals surface area contributed by atoms with Crippen LogP contribution in [-0.2, 0) is 29.6 Å². The van der Waals surface area contributed by atoms with Gasteiger partial charge in [-0.1, -0.05) is 77.6 Å². The van der Waals surface area contributed by atoms with Crippen molar-refractivity contribution in [3.63, 3.8) is 0 Å². The summed E-state index contributed by atoms with van der Waals surface area (Å²) in [6.07, 6.45) is 11.6. The van der Waals surface area contributed by atoms with Gasteiger partial charge in [-0.25, -0.2) is 35.9 Å². The van der Waals surface area contributed by atoms with Gasteiger partial charge in [0.2, 0.25) is 31.9 Å². The Bertz CT molecular complexity index is 2840. The lowest BCUT2D eigenvalue weighted by Gasteiger charge is -2.35. The third-order valence-corrected chi connectivity index (χ3v) is 19.2. The lowest BCUT2D eigenvalue weighted by Crippen LogP contribution is -2.45. The molecule has 20 nitrogen and oxygen atoms in total. The molecule has 8 N–H and O–H groups in total. The lowest BCUT2D eigenvalue weighted by atomic mass is 9.70. The Morgan fingerprint density at radius 1 is 0.581 bits per heavy atom. The fourth-order valence-corrected chi connectivity index (χ4v) is 15.7. The number of Topliss-reactive ketones (excluding diaryl/α,β-unsaturated/α-hetero) is 2. The molecule has 2 heterocycles. The van der Waals surface area contributed by atoms with E-state index in [2.05, 4.69) is 50.6 Å². The summed E-state index contributed by atoms with van der Waals surface area (Å²) in [6, 6.07) is 9.23. The lowest BCUT2D eigenvalue weighted by molar-refractivity contribution is -0.125. The van der Waals surface area contributed by atoms with Gasteiger partial charge in [0.25, 0.3) is 11.1 Å². The summed E-state index contributed by atoms with van der Waals surface area (Å²) in [5, 5.41) is 10.4. The standard InChI is InChI=1S/C52H72N10O10S2/c1-33-27-41(63)59-45(57-33)61-47(67)53-23-11-7-9-13-25-55-73(69,70)31-51-21-19-39(49(51,3)4)37(43(51)65)29-35-15-17-36(18-16-35)30-38-40-20-22-52(44(38)66,50(40,5)6)32-74(71,72)56-26-14-10-8-12-24-54-48(68)62-46-58-34(2)28-42(64)60-46/h15-18,27-30,39-40,55-56H,7-14,19-26,31-32H2,1-6H3,(H3,53,57,59,61,63,67)(H3,54,58,60,62,64,68)/b37-29+,38-30+. The van der Waals surface area contributed by atoms with Gasteiger partial charge in [-0.15, -0.1) is 0 Å². The molecule has 1 aromatic carbocycles. The summed E-state index contributed by atoms with van der Waals surface area (Å²) in [5.74, 6) is -0.945. The zero-order valence-electron chi connectivity index (χ0n) is 43.3. The number of nitrogens with zero attached hydrogens (tertiary/aromatic N) is 2. The zero-order valence-corrected chi connectivity index (χ0v) is 44.9. The van der Waals surface area contributed by atoms with E-state index in [1.807, 2.05) is 64.1 Å². The number of aromatic amines is 2. The van der Waals surface area contributed by atoms with E-state index in [4.69, 9.17) is 0 Å². The number of carbonyl (C=O) groups excluding carboxylic acids is 4. The fourth-order valence-electron chi connectivity index (χ4n) is 12.0. The summed E-state index contributed by atoms with van der Waals surface area (Å²) in [7, 11) is -7.61. The molecule has 22 heteroatoms. The second-order valence-corrected chi connectivity index (χ2v) is 25.3. The van der Waals surface area contributed by atoms with Crippen LogP contribution in [-0.4, -0.2) is 98.1 Å². The van der Waals surface area contributed by atoms with Gasteiger partial charge in [0.1, 0.15) is 0 Å². The summed E-state index contributed by atoms with van der Waals surface area (Å²) in [6.45, 7) is 12.6. The number of hydrogen-bond donors (Lipinski definition) is 8. The molecule has 4 atom stereocenters. The first kappa shape index (κ1) is 55.9. The van der Waals surface area contributed by atoms with Crippen LogP contribution in [0.15, 0.2) is 57.1 Å². The molecule has 0 radical (unpaired) electrons. The van der Waals surface area contributed by atoms with Gasteiger partial charge in [0, 0.05) is 60.8 Å². The molecule has 0 aliphatic heterocycles. The summed E-state index contributed by atoms with van der Waals surface area (Å²) in [4.78, 5) is 89.1. The Morgan fingerprint density at radius 2 is 0.932 bits per heavy atom. The van der Waals surface area contributed by atoms with E-state index in [1.165, 1.54) is 12.1 Å². The maximum atomic E-state index is 14.3. The van der Waals surface area contributed by atoms with Crippen LogP contribution in [0.4, 0.5) is 21.5 Å². The van der Waals surface area contributed by atoms with Gasteiger partial charge in [0.15, 0.2) is 11.6 Å². The van der Waals surface area contributed by atoms with Crippen molar-refractivity contribution in [1.82, 2.24) is 40.0 Å². The highest BCUT2D eigenvalue weighted by molar-refractivity contribution is 7.89. The number of H-pyrrole nitrogens is 2. The smallest absolute Gasteiger partial charge is 0.321 e. The Labute approximate surface area is 433 Å². The van der Waals surface area contributed by atoms with Crippen molar-refractivity contribution in [2.75, 3.05) is 48.3 Å². The van der Waals surface area contributed by atoms with Crippen molar-refractivity contribution in [2.24, 2.45) is 33.5 Å². The first-order chi connectivity index (χ1) is 34.9. The first-order valence-electron chi connectivity index (χ1n) is 25.7. The topological polar surface area (TPSA) is 300 Å². The molecule has 4 bridgehead atoms. The number of urea groups is 2. The van der Waals surface area contributed by atoms with Crippen LogP contribution in [0.5, 0.6) is 0 Å². The number of allylic oxidation sites excluding steroid dienone is 2.